The third-order valence-corrected chi connectivity index (χ3v) is 4.91. The van der Waals surface area contributed by atoms with E-state index in [1.165, 1.54) is 0 Å². The summed E-state index contributed by atoms with van der Waals surface area (Å²) in [6, 6.07) is 16.8. The van der Waals surface area contributed by atoms with Crippen LogP contribution in [-0.4, -0.2) is 11.7 Å². The SMILES string of the molecule is O=C(CCC(=O)c1ccc(Cl)cc1)NC1(c2ccccc2)CCC1. The van der Waals surface area contributed by atoms with E-state index in [4.69, 9.17) is 11.6 Å². The molecule has 1 aliphatic rings. The molecule has 0 atom stereocenters. The first-order chi connectivity index (χ1) is 11.6. The first kappa shape index (κ1) is 16.7. The lowest BCUT2D eigenvalue weighted by Gasteiger charge is -2.43. The normalized spacial score (nSPS) is 15.4. The molecule has 0 aliphatic heterocycles. The first-order valence-electron chi connectivity index (χ1n) is 8.24. The van der Waals surface area contributed by atoms with Gasteiger partial charge in [0.1, 0.15) is 0 Å². The van der Waals surface area contributed by atoms with E-state index in [-0.39, 0.29) is 30.1 Å². The Labute approximate surface area is 147 Å². The van der Waals surface area contributed by atoms with Gasteiger partial charge in [-0.1, -0.05) is 41.9 Å². The van der Waals surface area contributed by atoms with Gasteiger partial charge in [-0.25, -0.2) is 0 Å². The summed E-state index contributed by atoms with van der Waals surface area (Å²) in [5, 5.41) is 3.75. The molecular weight excluding hydrogens is 322 g/mol. The minimum absolute atomic E-state index is 0.0378. The van der Waals surface area contributed by atoms with Gasteiger partial charge in [0.2, 0.25) is 5.91 Å². The van der Waals surface area contributed by atoms with E-state index in [0.29, 0.717) is 10.6 Å². The molecule has 24 heavy (non-hydrogen) atoms. The molecule has 1 fully saturated rings. The summed E-state index contributed by atoms with van der Waals surface area (Å²) in [5.74, 6) is -0.106. The van der Waals surface area contributed by atoms with Crippen molar-refractivity contribution >= 4 is 23.3 Å². The molecule has 1 amide bonds. The maximum Gasteiger partial charge on any atom is 0.221 e. The Hall–Kier alpha value is -2.13. The monoisotopic (exact) mass is 341 g/mol. The third-order valence-electron chi connectivity index (χ3n) is 4.66. The van der Waals surface area contributed by atoms with Crippen molar-refractivity contribution in [2.45, 2.75) is 37.6 Å². The number of Topliss-reactive ketones (excluding diaryl/α,β-unsaturated/α-hetero) is 1. The Bertz CT molecular complexity index is 721. The number of nitrogens with one attached hydrogen (secondary N) is 1. The van der Waals surface area contributed by atoms with Gasteiger partial charge in [-0.2, -0.15) is 0 Å². The van der Waals surface area contributed by atoms with Gasteiger partial charge in [0, 0.05) is 23.4 Å². The average molecular weight is 342 g/mol. The second-order valence-electron chi connectivity index (χ2n) is 6.28. The molecular formula is C20H20ClNO2. The summed E-state index contributed by atoms with van der Waals surface area (Å²) in [6.45, 7) is 0. The van der Waals surface area contributed by atoms with E-state index in [1.807, 2.05) is 18.2 Å². The summed E-state index contributed by atoms with van der Waals surface area (Å²) in [5.41, 5.74) is 1.49. The molecule has 0 radical (unpaired) electrons. The van der Waals surface area contributed by atoms with Gasteiger partial charge in [0.25, 0.3) is 0 Å². The van der Waals surface area contributed by atoms with Crippen LogP contribution in [0.25, 0.3) is 0 Å². The highest BCUT2D eigenvalue weighted by Crippen LogP contribution is 2.41. The molecule has 0 aromatic heterocycles. The van der Waals surface area contributed by atoms with Crippen LogP contribution >= 0.6 is 11.6 Å². The topological polar surface area (TPSA) is 46.2 Å². The highest BCUT2D eigenvalue weighted by atomic mass is 35.5. The van der Waals surface area contributed by atoms with Gasteiger partial charge in [-0.05, 0) is 49.1 Å². The van der Waals surface area contributed by atoms with E-state index in [9.17, 15) is 9.59 Å². The lowest BCUT2D eigenvalue weighted by Crippen LogP contribution is -2.50. The molecule has 1 N–H and O–H groups in total. The van der Waals surface area contributed by atoms with Crippen molar-refractivity contribution in [3.63, 3.8) is 0 Å². The smallest absolute Gasteiger partial charge is 0.221 e. The molecule has 1 saturated carbocycles. The summed E-state index contributed by atoms with van der Waals surface area (Å²) in [7, 11) is 0. The van der Waals surface area contributed by atoms with Crippen LogP contribution in [0.3, 0.4) is 0 Å². The largest absolute Gasteiger partial charge is 0.347 e. The zero-order chi connectivity index (χ0) is 17.0. The average Bonchev–Trinajstić information content (AvgIpc) is 2.57. The molecule has 3 rings (SSSR count). The summed E-state index contributed by atoms with van der Waals surface area (Å²) >= 11 is 5.82. The number of carbonyl (C=O) groups is 2. The lowest BCUT2D eigenvalue weighted by atomic mass is 9.71. The molecule has 2 aromatic carbocycles. The van der Waals surface area contributed by atoms with Gasteiger partial charge in [0.15, 0.2) is 5.78 Å². The second-order valence-corrected chi connectivity index (χ2v) is 6.72. The van der Waals surface area contributed by atoms with Crippen LogP contribution < -0.4 is 5.32 Å². The number of carbonyl (C=O) groups excluding carboxylic acids is 2. The van der Waals surface area contributed by atoms with Crippen LogP contribution in [0.4, 0.5) is 0 Å². The number of hydrogen-bond donors (Lipinski definition) is 1. The summed E-state index contributed by atoms with van der Waals surface area (Å²) in [6.07, 6.45) is 3.43. The number of ketones is 1. The predicted octanol–water partition coefficient (Wildman–Crippen LogP) is 4.50. The fraction of sp³-hybridized carbons (Fsp3) is 0.300. The van der Waals surface area contributed by atoms with Crippen LogP contribution in [0.5, 0.6) is 0 Å². The summed E-state index contributed by atoms with van der Waals surface area (Å²) < 4.78 is 0. The molecule has 4 heteroatoms. The van der Waals surface area contributed by atoms with Crippen molar-refractivity contribution in [3.8, 4) is 0 Å². The van der Waals surface area contributed by atoms with Crippen molar-refractivity contribution in [3.05, 3.63) is 70.7 Å². The van der Waals surface area contributed by atoms with E-state index in [2.05, 4.69) is 17.4 Å². The maximum absolute atomic E-state index is 12.3. The van der Waals surface area contributed by atoms with Crippen molar-refractivity contribution in [1.82, 2.24) is 5.32 Å². The molecule has 0 saturated heterocycles. The van der Waals surface area contributed by atoms with Crippen LogP contribution in [-0.2, 0) is 10.3 Å². The molecule has 3 nitrogen and oxygen atoms in total. The molecule has 0 unspecified atom stereocenters. The maximum atomic E-state index is 12.3. The lowest BCUT2D eigenvalue weighted by molar-refractivity contribution is -0.124. The van der Waals surface area contributed by atoms with Crippen molar-refractivity contribution < 1.29 is 9.59 Å². The quantitative estimate of drug-likeness (QED) is 0.786. The van der Waals surface area contributed by atoms with Gasteiger partial charge in [-0.15, -0.1) is 0 Å². The molecule has 0 heterocycles. The highest BCUT2D eigenvalue weighted by Gasteiger charge is 2.39. The minimum Gasteiger partial charge on any atom is -0.347 e. The Morgan fingerprint density at radius 2 is 1.62 bits per heavy atom. The number of rotatable bonds is 6. The standard InChI is InChI=1S/C20H20ClNO2/c21-17-9-7-15(8-10-17)18(23)11-12-19(24)22-20(13-4-14-20)16-5-2-1-3-6-16/h1-3,5-10H,4,11-14H2,(H,22,24). The van der Waals surface area contributed by atoms with Crippen molar-refractivity contribution in [2.24, 2.45) is 0 Å². The van der Waals surface area contributed by atoms with E-state index < -0.39 is 0 Å². The van der Waals surface area contributed by atoms with Crippen LogP contribution in [0.2, 0.25) is 5.02 Å². The fourth-order valence-corrected chi connectivity index (χ4v) is 3.24. The summed E-state index contributed by atoms with van der Waals surface area (Å²) in [4.78, 5) is 24.5. The fourth-order valence-electron chi connectivity index (χ4n) is 3.11. The molecule has 0 bridgehead atoms. The highest BCUT2D eigenvalue weighted by molar-refractivity contribution is 6.30. The second kappa shape index (κ2) is 7.18. The zero-order valence-corrected chi connectivity index (χ0v) is 14.2. The van der Waals surface area contributed by atoms with E-state index in [1.54, 1.807) is 24.3 Å². The van der Waals surface area contributed by atoms with E-state index in [0.717, 1.165) is 24.8 Å². The predicted molar refractivity (Wildman–Crippen MR) is 95.1 cm³/mol. The first-order valence-corrected chi connectivity index (χ1v) is 8.62. The van der Waals surface area contributed by atoms with Gasteiger partial charge < -0.3 is 5.32 Å². The molecule has 0 spiro atoms. The third kappa shape index (κ3) is 3.68. The molecule has 1 aliphatic carbocycles. The number of hydrogen-bond acceptors (Lipinski definition) is 2. The molecule has 124 valence electrons. The Kier molecular flexibility index (Phi) is 5.00. The van der Waals surface area contributed by atoms with Crippen molar-refractivity contribution in [1.29, 1.82) is 0 Å². The van der Waals surface area contributed by atoms with Crippen LogP contribution in [0.15, 0.2) is 54.6 Å². The zero-order valence-electron chi connectivity index (χ0n) is 13.4. The number of amides is 1. The van der Waals surface area contributed by atoms with Gasteiger partial charge in [-0.3, -0.25) is 9.59 Å². The van der Waals surface area contributed by atoms with Crippen LogP contribution in [0.1, 0.15) is 48.0 Å². The Balaban J connectivity index is 1.57. The van der Waals surface area contributed by atoms with Gasteiger partial charge >= 0.3 is 0 Å². The Morgan fingerprint density at radius 1 is 0.958 bits per heavy atom. The number of benzene rings is 2. The van der Waals surface area contributed by atoms with Crippen molar-refractivity contribution in [2.75, 3.05) is 0 Å². The van der Waals surface area contributed by atoms with Gasteiger partial charge in [0.05, 0.1) is 5.54 Å². The Morgan fingerprint density at radius 3 is 2.21 bits per heavy atom. The minimum atomic E-state index is -0.248. The number of halogens is 1. The molecule has 2 aromatic rings. The van der Waals surface area contributed by atoms with Crippen LogP contribution in [0, 0.1) is 0 Å². The van der Waals surface area contributed by atoms with E-state index >= 15 is 0 Å².